The highest BCUT2D eigenvalue weighted by Crippen LogP contribution is 2.23. The first-order valence-electron chi connectivity index (χ1n) is 8.06. The van der Waals surface area contributed by atoms with E-state index in [1.165, 1.54) is 21.8 Å². The Balaban J connectivity index is 1.54. The van der Waals surface area contributed by atoms with Crippen LogP contribution in [0.25, 0.3) is 4.96 Å². The number of nitrogens with one attached hydrogen (secondary N) is 1. The van der Waals surface area contributed by atoms with E-state index in [0.29, 0.717) is 6.54 Å². The summed E-state index contributed by atoms with van der Waals surface area (Å²) < 4.78 is 1.58. The molecule has 0 fully saturated rings. The van der Waals surface area contributed by atoms with Gasteiger partial charge in [-0.25, -0.2) is 4.98 Å². The number of thiophene rings is 1. The number of nitrogens with zero attached hydrogens (tertiary/aromatic N) is 2. The summed E-state index contributed by atoms with van der Waals surface area (Å²) in [6.45, 7) is 0.568. The highest BCUT2D eigenvalue weighted by atomic mass is 32.1. The standard InChI is InChI=1S/C19H17N3OS2/c23-18-12-15(21-19-22(18)8-10-25-19)13-20-16(17-7-4-9-24-17)11-14-5-2-1-3-6-14/h1-10,12,16,20H,11,13H2. The van der Waals surface area contributed by atoms with Crippen LogP contribution in [0.3, 0.4) is 0 Å². The van der Waals surface area contributed by atoms with Gasteiger partial charge in [0.25, 0.3) is 5.56 Å². The SMILES string of the molecule is O=c1cc(CNC(Cc2ccccc2)c2cccs2)nc2sccn12. The second-order valence-electron chi connectivity index (χ2n) is 5.78. The molecule has 1 N–H and O–H groups in total. The molecule has 0 saturated carbocycles. The molecule has 3 aromatic heterocycles. The van der Waals surface area contributed by atoms with Gasteiger partial charge in [-0.05, 0) is 23.4 Å². The topological polar surface area (TPSA) is 46.4 Å². The normalized spacial score (nSPS) is 12.5. The van der Waals surface area contributed by atoms with Crippen LogP contribution >= 0.6 is 22.7 Å². The highest BCUT2D eigenvalue weighted by Gasteiger charge is 2.14. The maximum atomic E-state index is 12.1. The lowest BCUT2D eigenvalue weighted by molar-refractivity contribution is 0.532. The summed E-state index contributed by atoms with van der Waals surface area (Å²) in [5.74, 6) is 0. The molecule has 0 saturated heterocycles. The van der Waals surface area contributed by atoms with Crippen LogP contribution in [0.15, 0.2) is 70.3 Å². The van der Waals surface area contributed by atoms with Crippen molar-refractivity contribution in [3.63, 3.8) is 0 Å². The lowest BCUT2D eigenvalue weighted by Gasteiger charge is -2.17. The van der Waals surface area contributed by atoms with Gasteiger partial charge in [0.05, 0.1) is 5.69 Å². The molecule has 126 valence electrons. The summed E-state index contributed by atoms with van der Waals surface area (Å²) in [7, 11) is 0. The van der Waals surface area contributed by atoms with Gasteiger partial charge in [-0.3, -0.25) is 9.20 Å². The number of aromatic nitrogens is 2. The minimum atomic E-state index is -0.0289. The van der Waals surface area contributed by atoms with E-state index in [9.17, 15) is 4.79 Å². The van der Waals surface area contributed by atoms with Crippen molar-refractivity contribution in [3.05, 3.63) is 92.0 Å². The predicted octanol–water partition coefficient (Wildman–Crippen LogP) is 3.89. The molecule has 6 heteroatoms. The molecule has 0 spiro atoms. The average molecular weight is 367 g/mol. The van der Waals surface area contributed by atoms with Crippen molar-refractivity contribution in [1.29, 1.82) is 0 Å². The summed E-state index contributed by atoms with van der Waals surface area (Å²) in [6.07, 6.45) is 2.66. The fourth-order valence-corrected chi connectivity index (χ4v) is 4.36. The fourth-order valence-electron chi connectivity index (χ4n) is 2.82. The maximum absolute atomic E-state index is 12.1. The molecule has 1 aromatic carbocycles. The fraction of sp³-hybridized carbons (Fsp3) is 0.158. The number of benzene rings is 1. The highest BCUT2D eigenvalue weighted by molar-refractivity contribution is 7.15. The van der Waals surface area contributed by atoms with Crippen molar-refractivity contribution in [2.24, 2.45) is 0 Å². The largest absolute Gasteiger partial charge is 0.303 e. The van der Waals surface area contributed by atoms with E-state index in [1.807, 2.05) is 11.4 Å². The van der Waals surface area contributed by atoms with Crippen LogP contribution in [-0.4, -0.2) is 9.38 Å². The van der Waals surface area contributed by atoms with Crippen LogP contribution in [0.5, 0.6) is 0 Å². The summed E-state index contributed by atoms with van der Waals surface area (Å²) in [6, 6.07) is 16.5. The van der Waals surface area contributed by atoms with Crippen molar-refractivity contribution in [2.45, 2.75) is 19.0 Å². The first-order valence-corrected chi connectivity index (χ1v) is 9.82. The Labute approximate surface area is 153 Å². The molecule has 0 bridgehead atoms. The summed E-state index contributed by atoms with van der Waals surface area (Å²) >= 11 is 3.22. The molecule has 4 rings (SSSR count). The van der Waals surface area contributed by atoms with Gasteiger partial charge in [0, 0.05) is 35.1 Å². The molecular formula is C19H17N3OS2. The smallest absolute Gasteiger partial charge is 0.258 e. The minimum absolute atomic E-state index is 0.0289. The average Bonchev–Trinajstić information content (AvgIpc) is 3.31. The quantitative estimate of drug-likeness (QED) is 0.562. The first kappa shape index (κ1) is 16.2. The Morgan fingerprint density at radius 3 is 2.76 bits per heavy atom. The van der Waals surface area contributed by atoms with Crippen LogP contribution in [0.2, 0.25) is 0 Å². The van der Waals surface area contributed by atoms with Crippen molar-refractivity contribution in [2.75, 3.05) is 0 Å². The molecule has 0 radical (unpaired) electrons. The lowest BCUT2D eigenvalue weighted by Crippen LogP contribution is -2.24. The number of rotatable bonds is 6. The Hall–Kier alpha value is -2.28. The van der Waals surface area contributed by atoms with E-state index in [-0.39, 0.29) is 11.6 Å². The monoisotopic (exact) mass is 367 g/mol. The van der Waals surface area contributed by atoms with E-state index in [4.69, 9.17) is 0 Å². The summed E-state index contributed by atoms with van der Waals surface area (Å²) in [5.41, 5.74) is 2.04. The molecule has 0 amide bonds. The van der Waals surface area contributed by atoms with Crippen molar-refractivity contribution in [3.8, 4) is 0 Å². The Morgan fingerprint density at radius 2 is 1.96 bits per heavy atom. The summed E-state index contributed by atoms with van der Waals surface area (Å²) in [4.78, 5) is 18.7. The van der Waals surface area contributed by atoms with E-state index < -0.39 is 0 Å². The molecule has 4 nitrogen and oxygen atoms in total. The van der Waals surface area contributed by atoms with Gasteiger partial charge >= 0.3 is 0 Å². The van der Waals surface area contributed by atoms with Crippen LogP contribution < -0.4 is 10.9 Å². The molecule has 0 aliphatic carbocycles. The second-order valence-corrected chi connectivity index (χ2v) is 7.63. The van der Waals surface area contributed by atoms with Gasteiger partial charge in [-0.2, -0.15) is 0 Å². The zero-order valence-electron chi connectivity index (χ0n) is 13.5. The van der Waals surface area contributed by atoms with E-state index in [0.717, 1.165) is 17.1 Å². The zero-order valence-corrected chi connectivity index (χ0v) is 15.1. The minimum Gasteiger partial charge on any atom is -0.303 e. The third-order valence-electron chi connectivity index (χ3n) is 4.06. The Morgan fingerprint density at radius 1 is 1.08 bits per heavy atom. The Bertz CT molecular complexity index is 1010. The number of thiazole rings is 1. The number of hydrogen-bond donors (Lipinski definition) is 1. The number of fused-ring (bicyclic) bond motifs is 1. The molecule has 3 heterocycles. The molecule has 4 aromatic rings. The zero-order chi connectivity index (χ0) is 17.1. The van der Waals surface area contributed by atoms with Gasteiger partial charge in [0.2, 0.25) is 0 Å². The molecular weight excluding hydrogens is 350 g/mol. The predicted molar refractivity (Wildman–Crippen MR) is 103 cm³/mol. The third kappa shape index (κ3) is 3.71. The lowest BCUT2D eigenvalue weighted by atomic mass is 10.0. The van der Waals surface area contributed by atoms with Crippen LogP contribution in [0, 0.1) is 0 Å². The molecule has 1 atom stereocenters. The van der Waals surface area contributed by atoms with Crippen LogP contribution in [0.4, 0.5) is 0 Å². The van der Waals surface area contributed by atoms with Crippen LogP contribution in [-0.2, 0) is 13.0 Å². The Kier molecular flexibility index (Phi) is 4.74. The van der Waals surface area contributed by atoms with Gasteiger partial charge in [0.15, 0.2) is 4.96 Å². The van der Waals surface area contributed by atoms with Gasteiger partial charge < -0.3 is 5.32 Å². The van der Waals surface area contributed by atoms with Gasteiger partial charge in [-0.1, -0.05) is 36.4 Å². The molecule has 0 aliphatic heterocycles. The number of hydrogen-bond acceptors (Lipinski definition) is 5. The molecule has 0 aliphatic rings. The van der Waals surface area contributed by atoms with E-state index >= 15 is 0 Å². The van der Waals surface area contributed by atoms with E-state index in [2.05, 4.69) is 52.1 Å². The third-order valence-corrected chi connectivity index (χ3v) is 5.80. The first-order chi connectivity index (χ1) is 12.3. The molecule has 1 unspecified atom stereocenters. The van der Waals surface area contributed by atoms with E-state index in [1.54, 1.807) is 28.0 Å². The second kappa shape index (κ2) is 7.31. The van der Waals surface area contributed by atoms with Crippen molar-refractivity contribution < 1.29 is 0 Å². The summed E-state index contributed by atoms with van der Waals surface area (Å²) in [5, 5.41) is 7.55. The maximum Gasteiger partial charge on any atom is 0.258 e. The van der Waals surface area contributed by atoms with Gasteiger partial charge in [-0.15, -0.1) is 22.7 Å². The van der Waals surface area contributed by atoms with Crippen molar-refractivity contribution >= 4 is 27.6 Å². The van der Waals surface area contributed by atoms with Crippen molar-refractivity contribution in [1.82, 2.24) is 14.7 Å². The van der Waals surface area contributed by atoms with Crippen LogP contribution in [0.1, 0.15) is 22.2 Å². The van der Waals surface area contributed by atoms with Gasteiger partial charge in [0.1, 0.15) is 0 Å². The molecule has 25 heavy (non-hydrogen) atoms.